The summed E-state index contributed by atoms with van der Waals surface area (Å²) in [5, 5.41) is 6.49. The molecule has 0 atom stereocenters. The van der Waals surface area contributed by atoms with Gasteiger partial charge in [-0.2, -0.15) is 4.98 Å². The zero-order valence-corrected chi connectivity index (χ0v) is 13.5. The molecule has 1 aromatic heterocycles. The van der Waals surface area contributed by atoms with Crippen molar-refractivity contribution in [2.45, 2.75) is 13.3 Å². The van der Waals surface area contributed by atoms with E-state index in [1.54, 1.807) is 18.3 Å². The quantitative estimate of drug-likeness (QED) is 0.709. The summed E-state index contributed by atoms with van der Waals surface area (Å²) in [5.74, 6) is 1.09. The predicted octanol–water partition coefficient (Wildman–Crippen LogP) is 4.32. The molecule has 2 N–H and O–H groups in total. The van der Waals surface area contributed by atoms with E-state index in [1.165, 1.54) is 12.1 Å². The molecule has 0 radical (unpaired) electrons. The number of nitrogens with one attached hydrogen (secondary N) is 2. The Morgan fingerprint density at radius 3 is 2.58 bits per heavy atom. The van der Waals surface area contributed by atoms with Gasteiger partial charge < -0.3 is 10.6 Å². The number of nitrogens with zero attached hydrogens (tertiary/aromatic N) is 2. The normalized spacial score (nSPS) is 10.4. The van der Waals surface area contributed by atoms with Gasteiger partial charge in [0.25, 0.3) is 0 Å². The Morgan fingerprint density at radius 2 is 1.79 bits per heavy atom. The van der Waals surface area contributed by atoms with Crippen LogP contribution in [0.25, 0.3) is 0 Å². The van der Waals surface area contributed by atoms with Crippen molar-refractivity contribution in [2.75, 3.05) is 17.2 Å². The third-order valence-electron chi connectivity index (χ3n) is 3.68. The van der Waals surface area contributed by atoms with Crippen LogP contribution in [0.15, 0.2) is 60.8 Å². The maximum absolute atomic E-state index is 12.9. The fraction of sp³-hybridized carbons (Fsp3) is 0.158. The van der Waals surface area contributed by atoms with Crippen molar-refractivity contribution in [3.8, 4) is 0 Å². The highest BCUT2D eigenvalue weighted by atomic mass is 19.1. The van der Waals surface area contributed by atoms with Crippen LogP contribution < -0.4 is 10.6 Å². The molecule has 0 aliphatic heterocycles. The molecular formula is C19H19FN4. The van der Waals surface area contributed by atoms with Crippen molar-refractivity contribution in [2.24, 2.45) is 0 Å². The Hall–Kier alpha value is -2.95. The van der Waals surface area contributed by atoms with Crippen molar-refractivity contribution >= 4 is 17.5 Å². The van der Waals surface area contributed by atoms with Gasteiger partial charge in [0.2, 0.25) is 5.95 Å². The van der Waals surface area contributed by atoms with Crippen LogP contribution in [0, 0.1) is 12.7 Å². The number of anilines is 3. The van der Waals surface area contributed by atoms with Crippen molar-refractivity contribution in [1.29, 1.82) is 0 Å². The summed E-state index contributed by atoms with van der Waals surface area (Å²) in [7, 11) is 0. The molecule has 122 valence electrons. The minimum Gasteiger partial charge on any atom is -0.370 e. The largest absolute Gasteiger partial charge is 0.370 e. The fourth-order valence-electron chi connectivity index (χ4n) is 2.34. The molecule has 4 nitrogen and oxygen atoms in total. The molecule has 0 unspecified atom stereocenters. The second-order valence-corrected chi connectivity index (χ2v) is 5.51. The van der Waals surface area contributed by atoms with E-state index < -0.39 is 0 Å². The second-order valence-electron chi connectivity index (χ2n) is 5.51. The lowest BCUT2D eigenvalue weighted by Gasteiger charge is -2.10. The number of para-hydroxylation sites is 1. The van der Waals surface area contributed by atoms with E-state index in [0.29, 0.717) is 12.5 Å². The highest BCUT2D eigenvalue weighted by Crippen LogP contribution is 2.18. The third-order valence-corrected chi connectivity index (χ3v) is 3.68. The van der Waals surface area contributed by atoms with E-state index in [4.69, 9.17) is 0 Å². The van der Waals surface area contributed by atoms with Crippen molar-refractivity contribution in [3.05, 3.63) is 77.7 Å². The van der Waals surface area contributed by atoms with E-state index in [-0.39, 0.29) is 5.82 Å². The molecule has 3 rings (SSSR count). The van der Waals surface area contributed by atoms with Gasteiger partial charge in [0.1, 0.15) is 11.6 Å². The van der Waals surface area contributed by atoms with Crippen LogP contribution in [0.3, 0.4) is 0 Å². The molecule has 0 amide bonds. The van der Waals surface area contributed by atoms with Gasteiger partial charge in [0.05, 0.1) is 0 Å². The van der Waals surface area contributed by atoms with Crippen LogP contribution in [0.2, 0.25) is 0 Å². The lowest BCUT2D eigenvalue weighted by atomic mass is 10.1. The van der Waals surface area contributed by atoms with Gasteiger partial charge in [-0.05, 0) is 48.7 Å². The number of aromatic nitrogens is 2. The number of rotatable bonds is 6. The van der Waals surface area contributed by atoms with Gasteiger partial charge in [0.15, 0.2) is 0 Å². The highest BCUT2D eigenvalue weighted by molar-refractivity contribution is 5.58. The van der Waals surface area contributed by atoms with E-state index in [1.807, 2.05) is 37.3 Å². The van der Waals surface area contributed by atoms with Gasteiger partial charge in [-0.3, -0.25) is 0 Å². The molecule has 0 bridgehead atoms. The average Bonchev–Trinajstić information content (AvgIpc) is 2.59. The average molecular weight is 322 g/mol. The first-order valence-electron chi connectivity index (χ1n) is 7.85. The summed E-state index contributed by atoms with van der Waals surface area (Å²) >= 11 is 0. The maximum atomic E-state index is 12.9. The van der Waals surface area contributed by atoms with Gasteiger partial charge in [-0.25, -0.2) is 9.37 Å². The first kappa shape index (κ1) is 15.9. The SMILES string of the molecule is Cc1ccccc1Nc1nccc(NCCc2ccc(F)cc2)n1. The minimum atomic E-state index is -0.213. The summed E-state index contributed by atoms with van der Waals surface area (Å²) in [6, 6.07) is 16.4. The van der Waals surface area contributed by atoms with Crippen LogP contribution in [0.1, 0.15) is 11.1 Å². The van der Waals surface area contributed by atoms with E-state index in [0.717, 1.165) is 29.1 Å². The molecule has 2 aromatic carbocycles. The summed E-state index contributed by atoms with van der Waals surface area (Å²) in [6.45, 7) is 2.75. The van der Waals surface area contributed by atoms with Crippen LogP contribution in [0.4, 0.5) is 21.8 Å². The Labute approximate surface area is 140 Å². The predicted molar refractivity (Wildman–Crippen MR) is 95.1 cm³/mol. The first-order chi connectivity index (χ1) is 11.7. The van der Waals surface area contributed by atoms with Gasteiger partial charge >= 0.3 is 0 Å². The molecule has 0 saturated carbocycles. The van der Waals surface area contributed by atoms with Gasteiger partial charge in [-0.1, -0.05) is 30.3 Å². The Morgan fingerprint density at radius 1 is 1.00 bits per heavy atom. The molecule has 0 aliphatic rings. The molecule has 0 fully saturated rings. The molecule has 0 aliphatic carbocycles. The van der Waals surface area contributed by atoms with Crippen molar-refractivity contribution in [1.82, 2.24) is 9.97 Å². The van der Waals surface area contributed by atoms with Crippen molar-refractivity contribution < 1.29 is 4.39 Å². The zero-order valence-electron chi connectivity index (χ0n) is 13.5. The lowest BCUT2D eigenvalue weighted by Crippen LogP contribution is -2.08. The molecule has 5 heteroatoms. The molecule has 0 saturated heterocycles. The Bertz CT molecular complexity index is 802. The monoisotopic (exact) mass is 322 g/mol. The number of halogens is 1. The van der Waals surface area contributed by atoms with Gasteiger partial charge in [-0.15, -0.1) is 0 Å². The molecule has 0 spiro atoms. The Kier molecular flexibility index (Phi) is 5.01. The van der Waals surface area contributed by atoms with E-state index in [2.05, 4.69) is 20.6 Å². The topological polar surface area (TPSA) is 49.8 Å². The number of benzene rings is 2. The lowest BCUT2D eigenvalue weighted by molar-refractivity contribution is 0.627. The summed E-state index contributed by atoms with van der Waals surface area (Å²) in [6.07, 6.45) is 2.51. The summed E-state index contributed by atoms with van der Waals surface area (Å²) < 4.78 is 12.9. The van der Waals surface area contributed by atoms with Crippen LogP contribution >= 0.6 is 0 Å². The Balaban J connectivity index is 1.59. The second kappa shape index (κ2) is 7.55. The highest BCUT2D eigenvalue weighted by Gasteiger charge is 2.02. The molecule has 3 aromatic rings. The van der Waals surface area contributed by atoms with E-state index in [9.17, 15) is 4.39 Å². The molecule has 1 heterocycles. The number of aryl methyl sites for hydroxylation is 1. The van der Waals surface area contributed by atoms with Crippen molar-refractivity contribution in [3.63, 3.8) is 0 Å². The summed E-state index contributed by atoms with van der Waals surface area (Å²) in [4.78, 5) is 8.71. The first-order valence-corrected chi connectivity index (χ1v) is 7.85. The van der Waals surface area contributed by atoms with Gasteiger partial charge in [0, 0.05) is 18.4 Å². The fourth-order valence-corrected chi connectivity index (χ4v) is 2.34. The molecule has 24 heavy (non-hydrogen) atoms. The summed E-state index contributed by atoms with van der Waals surface area (Å²) in [5.41, 5.74) is 3.20. The van der Waals surface area contributed by atoms with E-state index >= 15 is 0 Å². The standard InChI is InChI=1S/C19H19FN4/c1-14-4-2-3-5-17(14)23-19-22-13-11-18(24-19)21-12-10-15-6-8-16(20)9-7-15/h2-9,11,13H,10,12H2,1H3,(H2,21,22,23,24). The maximum Gasteiger partial charge on any atom is 0.229 e. The minimum absolute atomic E-state index is 0.213. The number of hydrogen-bond donors (Lipinski definition) is 2. The smallest absolute Gasteiger partial charge is 0.229 e. The third kappa shape index (κ3) is 4.29. The zero-order chi connectivity index (χ0) is 16.8. The van der Waals surface area contributed by atoms with Crippen LogP contribution in [0.5, 0.6) is 0 Å². The van der Waals surface area contributed by atoms with Crippen LogP contribution in [-0.4, -0.2) is 16.5 Å². The molecular weight excluding hydrogens is 303 g/mol. The number of hydrogen-bond acceptors (Lipinski definition) is 4. The van der Waals surface area contributed by atoms with Crippen LogP contribution in [-0.2, 0) is 6.42 Å².